The van der Waals surface area contributed by atoms with E-state index in [9.17, 15) is 26.0 Å². The van der Waals surface area contributed by atoms with E-state index in [-0.39, 0.29) is 5.56 Å². The van der Waals surface area contributed by atoms with Crippen LogP contribution in [0.2, 0.25) is 0 Å². The first-order valence-electron chi connectivity index (χ1n) is 4.71. The summed E-state index contributed by atoms with van der Waals surface area (Å²) in [6.45, 7) is 0.330. The van der Waals surface area contributed by atoms with Crippen LogP contribution in [-0.2, 0) is 27.1 Å². The summed E-state index contributed by atoms with van der Waals surface area (Å²) in [5.74, 6) is -0.852. The number of rotatable bonds is 3. The van der Waals surface area contributed by atoms with Gasteiger partial charge in [0, 0.05) is 0 Å². The van der Waals surface area contributed by atoms with Gasteiger partial charge in [-0.15, -0.1) is 0 Å². The first-order valence-corrected chi connectivity index (χ1v) is 6.53. The lowest BCUT2D eigenvalue weighted by Crippen LogP contribution is -2.13. The van der Waals surface area contributed by atoms with Crippen LogP contribution < -0.4 is 0 Å². The highest BCUT2D eigenvalue weighted by molar-refractivity contribution is 7.85. The molecule has 1 aromatic rings. The standard InChI is InChI=1S/C10H10F4O3S/c1-6-3-8(10(12,13)14)7(4-9(6)11)5-17-18(2,15)16/h3-4H,5H2,1-2H3. The maximum atomic E-state index is 13.2. The largest absolute Gasteiger partial charge is 0.416 e. The smallest absolute Gasteiger partial charge is 0.265 e. The highest BCUT2D eigenvalue weighted by Gasteiger charge is 2.34. The fourth-order valence-corrected chi connectivity index (χ4v) is 1.62. The molecule has 0 atom stereocenters. The Bertz CT molecular complexity index is 549. The van der Waals surface area contributed by atoms with Crippen LogP contribution in [-0.4, -0.2) is 14.7 Å². The average Bonchev–Trinajstić information content (AvgIpc) is 2.16. The molecule has 0 aliphatic carbocycles. The second kappa shape index (κ2) is 4.85. The first kappa shape index (κ1) is 14.9. The highest BCUT2D eigenvalue weighted by Crippen LogP contribution is 2.33. The van der Waals surface area contributed by atoms with Crippen molar-refractivity contribution in [3.8, 4) is 0 Å². The Labute approximate surface area is 102 Å². The lowest BCUT2D eigenvalue weighted by Gasteiger charge is -2.14. The minimum atomic E-state index is -4.70. The van der Waals surface area contributed by atoms with Crippen molar-refractivity contribution in [3.63, 3.8) is 0 Å². The monoisotopic (exact) mass is 286 g/mol. The second-order valence-corrected chi connectivity index (χ2v) is 5.37. The molecule has 0 amide bonds. The maximum Gasteiger partial charge on any atom is 0.416 e. The van der Waals surface area contributed by atoms with Crippen molar-refractivity contribution in [2.24, 2.45) is 0 Å². The van der Waals surface area contributed by atoms with Crippen LogP contribution in [0.1, 0.15) is 16.7 Å². The molecular formula is C10H10F4O3S. The zero-order chi connectivity index (χ0) is 14.1. The molecule has 1 rings (SSSR count). The van der Waals surface area contributed by atoms with Crippen molar-refractivity contribution in [3.05, 3.63) is 34.6 Å². The van der Waals surface area contributed by atoms with E-state index < -0.39 is 39.8 Å². The summed E-state index contributed by atoms with van der Waals surface area (Å²) in [6, 6.07) is 1.25. The fourth-order valence-electron chi connectivity index (χ4n) is 1.28. The van der Waals surface area contributed by atoms with Crippen LogP contribution in [0.3, 0.4) is 0 Å². The molecule has 0 bridgehead atoms. The van der Waals surface area contributed by atoms with Crippen molar-refractivity contribution >= 4 is 10.1 Å². The van der Waals surface area contributed by atoms with Crippen molar-refractivity contribution in [1.29, 1.82) is 0 Å². The zero-order valence-corrected chi connectivity index (χ0v) is 10.3. The molecule has 0 saturated carbocycles. The number of hydrogen-bond donors (Lipinski definition) is 0. The van der Waals surface area contributed by atoms with Crippen LogP contribution in [0, 0.1) is 12.7 Å². The van der Waals surface area contributed by atoms with Gasteiger partial charge in [0.25, 0.3) is 10.1 Å². The van der Waals surface area contributed by atoms with Crippen molar-refractivity contribution in [2.45, 2.75) is 19.7 Å². The quantitative estimate of drug-likeness (QED) is 0.633. The number of alkyl halides is 3. The molecule has 3 nitrogen and oxygen atoms in total. The minimum absolute atomic E-state index is 0.176. The Balaban J connectivity index is 3.20. The van der Waals surface area contributed by atoms with Gasteiger partial charge in [0.05, 0.1) is 18.4 Å². The summed E-state index contributed by atoms with van der Waals surface area (Å²) in [6.07, 6.45) is -4.00. The summed E-state index contributed by atoms with van der Waals surface area (Å²) in [5, 5.41) is 0. The van der Waals surface area contributed by atoms with Gasteiger partial charge in [-0.3, -0.25) is 4.18 Å². The van der Waals surface area contributed by atoms with Gasteiger partial charge in [0.1, 0.15) is 5.82 Å². The Morgan fingerprint density at radius 3 is 2.28 bits per heavy atom. The van der Waals surface area contributed by atoms with E-state index in [1.165, 1.54) is 6.92 Å². The molecule has 102 valence electrons. The van der Waals surface area contributed by atoms with Crippen LogP contribution in [0.25, 0.3) is 0 Å². The average molecular weight is 286 g/mol. The summed E-state index contributed by atoms with van der Waals surface area (Å²) in [4.78, 5) is 0. The minimum Gasteiger partial charge on any atom is -0.265 e. The molecule has 0 fully saturated rings. The molecule has 0 unspecified atom stereocenters. The SMILES string of the molecule is Cc1cc(C(F)(F)F)c(COS(C)(=O)=O)cc1F. The summed E-state index contributed by atoms with van der Waals surface area (Å²) < 4.78 is 76.8. The van der Waals surface area contributed by atoms with Gasteiger partial charge < -0.3 is 0 Å². The van der Waals surface area contributed by atoms with E-state index in [0.717, 1.165) is 0 Å². The predicted octanol–water partition coefficient (Wildman–Crippen LogP) is 2.63. The molecular weight excluding hydrogens is 276 g/mol. The van der Waals surface area contributed by atoms with E-state index in [4.69, 9.17) is 0 Å². The summed E-state index contributed by atoms with van der Waals surface area (Å²) in [7, 11) is -3.90. The van der Waals surface area contributed by atoms with Gasteiger partial charge in [-0.25, -0.2) is 4.39 Å². The highest BCUT2D eigenvalue weighted by atomic mass is 32.2. The Morgan fingerprint density at radius 2 is 1.83 bits per heavy atom. The lowest BCUT2D eigenvalue weighted by molar-refractivity contribution is -0.138. The van der Waals surface area contributed by atoms with Crippen molar-refractivity contribution < 1.29 is 30.2 Å². The molecule has 0 spiro atoms. The van der Waals surface area contributed by atoms with Crippen LogP contribution in [0.4, 0.5) is 17.6 Å². The Morgan fingerprint density at radius 1 is 1.28 bits per heavy atom. The molecule has 0 saturated heterocycles. The van der Waals surface area contributed by atoms with Gasteiger partial charge in [0.15, 0.2) is 0 Å². The van der Waals surface area contributed by atoms with Crippen LogP contribution in [0.15, 0.2) is 12.1 Å². The van der Waals surface area contributed by atoms with Crippen LogP contribution >= 0.6 is 0 Å². The normalized spacial score (nSPS) is 12.8. The molecule has 0 N–H and O–H groups in total. The number of halogens is 4. The third-order valence-corrected chi connectivity index (χ3v) is 2.66. The maximum absolute atomic E-state index is 13.2. The van der Waals surface area contributed by atoms with Gasteiger partial charge in [-0.05, 0) is 30.2 Å². The third kappa shape index (κ3) is 3.95. The lowest BCUT2D eigenvalue weighted by atomic mass is 10.0. The van der Waals surface area contributed by atoms with Gasteiger partial charge in [-0.1, -0.05) is 0 Å². The Hall–Kier alpha value is -1.15. The Kier molecular flexibility index (Phi) is 4.02. The van der Waals surface area contributed by atoms with E-state index >= 15 is 0 Å². The van der Waals surface area contributed by atoms with Gasteiger partial charge in [-0.2, -0.15) is 21.6 Å². The zero-order valence-electron chi connectivity index (χ0n) is 9.51. The molecule has 0 radical (unpaired) electrons. The molecule has 18 heavy (non-hydrogen) atoms. The number of hydrogen-bond acceptors (Lipinski definition) is 3. The number of aryl methyl sites for hydroxylation is 1. The second-order valence-electron chi connectivity index (χ2n) is 3.72. The topological polar surface area (TPSA) is 43.4 Å². The number of benzene rings is 1. The fraction of sp³-hybridized carbons (Fsp3) is 0.400. The third-order valence-electron chi connectivity index (χ3n) is 2.12. The predicted molar refractivity (Wildman–Crippen MR) is 55.8 cm³/mol. The summed E-state index contributed by atoms with van der Waals surface area (Å²) in [5.41, 5.74) is -1.84. The van der Waals surface area contributed by atoms with Gasteiger partial charge in [0.2, 0.25) is 0 Å². The first-order chi connectivity index (χ1) is 8.00. The van der Waals surface area contributed by atoms with Gasteiger partial charge >= 0.3 is 6.18 Å². The molecule has 0 aromatic heterocycles. The van der Waals surface area contributed by atoms with E-state index in [0.29, 0.717) is 18.4 Å². The molecule has 1 aromatic carbocycles. The van der Waals surface area contributed by atoms with Crippen LogP contribution in [0.5, 0.6) is 0 Å². The summed E-state index contributed by atoms with van der Waals surface area (Å²) >= 11 is 0. The van der Waals surface area contributed by atoms with Crippen molar-refractivity contribution in [2.75, 3.05) is 6.26 Å². The van der Waals surface area contributed by atoms with E-state index in [2.05, 4.69) is 4.18 Å². The van der Waals surface area contributed by atoms with E-state index in [1.807, 2.05) is 0 Å². The van der Waals surface area contributed by atoms with Crippen molar-refractivity contribution in [1.82, 2.24) is 0 Å². The molecule has 0 aliphatic heterocycles. The molecule has 8 heteroatoms. The molecule has 0 aliphatic rings. The van der Waals surface area contributed by atoms with E-state index in [1.54, 1.807) is 0 Å². The molecule has 0 heterocycles.